The maximum atomic E-state index is 4.17. The number of hydrogen-bond donors (Lipinski definition) is 1. The lowest BCUT2D eigenvalue weighted by Gasteiger charge is -2.16. The van der Waals surface area contributed by atoms with E-state index in [1.165, 1.54) is 16.0 Å². The van der Waals surface area contributed by atoms with E-state index >= 15 is 0 Å². The highest BCUT2D eigenvalue weighted by Gasteiger charge is 2.11. The summed E-state index contributed by atoms with van der Waals surface area (Å²) in [7, 11) is 0. The van der Waals surface area contributed by atoms with E-state index in [0.717, 1.165) is 19.4 Å². The van der Waals surface area contributed by atoms with Gasteiger partial charge < -0.3 is 5.32 Å². The van der Waals surface area contributed by atoms with Crippen LogP contribution in [0.1, 0.15) is 35.4 Å². The van der Waals surface area contributed by atoms with E-state index < -0.39 is 0 Å². The average molecular weight is 260 g/mol. The van der Waals surface area contributed by atoms with E-state index in [-0.39, 0.29) is 0 Å². The highest BCUT2D eigenvalue weighted by atomic mass is 32.1. The molecule has 0 fully saturated rings. The lowest BCUT2D eigenvalue weighted by atomic mass is 10.0. The standard InChI is InChI=1S/C15H20N2S/c1-3-17-15(14-9-12(2)18-11-14)7-6-13-5-4-8-16-10-13/h4-5,8-11,15,17H,3,6-7H2,1-2H3. The summed E-state index contributed by atoms with van der Waals surface area (Å²) >= 11 is 1.83. The number of thiophene rings is 1. The monoisotopic (exact) mass is 260 g/mol. The van der Waals surface area contributed by atoms with Gasteiger partial charge >= 0.3 is 0 Å². The van der Waals surface area contributed by atoms with Crippen molar-refractivity contribution in [3.05, 3.63) is 52.0 Å². The number of nitrogens with one attached hydrogen (secondary N) is 1. The molecular weight excluding hydrogens is 240 g/mol. The summed E-state index contributed by atoms with van der Waals surface area (Å²) in [4.78, 5) is 5.55. The third kappa shape index (κ3) is 3.65. The van der Waals surface area contributed by atoms with Crippen molar-refractivity contribution in [2.24, 2.45) is 0 Å². The number of pyridine rings is 1. The van der Waals surface area contributed by atoms with Gasteiger partial charge in [-0.2, -0.15) is 0 Å². The maximum absolute atomic E-state index is 4.17. The van der Waals surface area contributed by atoms with Crippen LogP contribution in [0.5, 0.6) is 0 Å². The van der Waals surface area contributed by atoms with Gasteiger partial charge in [0.25, 0.3) is 0 Å². The van der Waals surface area contributed by atoms with Crippen LogP contribution in [-0.4, -0.2) is 11.5 Å². The fourth-order valence-electron chi connectivity index (χ4n) is 2.14. The van der Waals surface area contributed by atoms with Gasteiger partial charge in [-0.3, -0.25) is 4.98 Å². The first-order valence-electron chi connectivity index (χ1n) is 6.47. The molecule has 0 spiro atoms. The molecule has 3 heteroatoms. The lowest BCUT2D eigenvalue weighted by molar-refractivity contribution is 0.516. The summed E-state index contributed by atoms with van der Waals surface area (Å²) in [5, 5.41) is 5.84. The molecule has 2 nitrogen and oxygen atoms in total. The molecule has 2 rings (SSSR count). The second-order valence-electron chi connectivity index (χ2n) is 4.50. The Hall–Kier alpha value is -1.19. The first kappa shape index (κ1) is 13.2. The SMILES string of the molecule is CCNC(CCc1cccnc1)c1csc(C)c1. The summed E-state index contributed by atoms with van der Waals surface area (Å²) in [5.74, 6) is 0. The van der Waals surface area contributed by atoms with Crippen molar-refractivity contribution < 1.29 is 0 Å². The van der Waals surface area contributed by atoms with Crippen LogP contribution in [0.25, 0.3) is 0 Å². The smallest absolute Gasteiger partial charge is 0.0331 e. The molecule has 2 aromatic heterocycles. The Morgan fingerprint density at radius 2 is 2.33 bits per heavy atom. The molecule has 0 bridgehead atoms. The van der Waals surface area contributed by atoms with Gasteiger partial charge in [0.15, 0.2) is 0 Å². The van der Waals surface area contributed by atoms with Crippen LogP contribution < -0.4 is 5.32 Å². The van der Waals surface area contributed by atoms with Crippen LogP contribution in [0.4, 0.5) is 0 Å². The zero-order chi connectivity index (χ0) is 12.8. The van der Waals surface area contributed by atoms with Crippen molar-refractivity contribution in [3.63, 3.8) is 0 Å². The van der Waals surface area contributed by atoms with Gasteiger partial charge in [0.1, 0.15) is 0 Å². The van der Waals surface area contributed by atoms with E-state index in [1.54, 1.807) is 0 Å². The number of aryl methyl sites for hydroxylation is 2. The molecule has 96 valence electrons. The summed E-state index contributed by atoms with van der Waals surface area (Å²) in [5.41, 5.74) is 2.73. The first-order valence-corrected chi connectivity index (χ1v) is 7.35. The molecule has 0 aliphatic carbocycles. The van der Waals surface area contributed by atoms with Crippen molar-refractivity contribution in [2.45, 2.75) is 32.7 Å². The van der Waals surface area contributed by atoms with E-state index in [2.05, 4.69) is 41.7 Å². The van der Waals surface area contributed by atoms with Gasteiger partial charge in [-0.1, -0.05) is 13.0 Å². The minimum Gasteiger partial charge on any atom is -0.310 e. The van der Waals surface area contributed by atoms with E-state index in [9.17, 15) is 0 Å². The minimum absolute atomic E-state index is 0.458. The van der Waals surface area contributed by atoms with Crippen LogP contribution >= 0.6 is 11.3 Å². The number of aromatic nitrogens is 1. The Balaban J connectivity index is 1.98. The molecule has 0 amide bonds. The molecule has 18 heavy (non-hydrogen) atoms. The van der Waals surface area contributed by atoms with E-state index in [4.69, 9.17) is 0 Å². The fourth-order valence-corrected chi connectivity index (χ4v) is 2.89. The van der Waals surface area contributed by atoms with Gasteiger partial charge in [-0.05, 0) is 54.9 Å². The van der Waals surface area contributed by atoms with Gasteiger partial charge in [-0.15, -0.1) is 11.3 Å². The molecule has 0 saturated heterocycles. The molecule has 2 aromatic rings. The Labute approximate surface area is 113 Å². The van der Waals surface area contributed by atoms with Crippen LogP contribution in [0.2, 0.25) is 0 Å². The molecule has 0 aliphatic heterocycles. The van der Waals surface area contributed by atoms with E-state index in [0.29, 0.717) is 6.04 Å². The van der Waals surface area contributed by atoms with Gasteiger partial charge in [0, 0.05) is 23.3 Å². The van der Waals surface area contributed by atoms with Gasteiger partial charge in [0.2, 0.25) is 0 Å². The summed E-state index contributed by atoms with van der Waals surface area (Å²) < 4.78 is 0. The second-order valence-corrected chi connectivity index (χ2v) is 5.62. The second kappa shape index (κ2) is 6.66. The molecule has 0 radical (unpaired) electrons. The molecule has 1 N–H and O–H groups in total. The third-order valence-corrected chi connectivity index (χ3v) is 3.93. The topological polar surface area (TPSA) is 24.9 Å². The molecule has 1 unspecified atom stereocenters. The van der Waals surface area contributed by atoms with Crippen molar-refractivity contribution in [2.75, 3.05) is 6.54 Å². The molecule has 2 heterocycles. The fraction of sp³-hybridized carbons (Fsp3) is 0.400. The van der Waals surface area contributed by atoms with Crippen molar-refractivity contribution in [3.8, 4) is 0 Å². The molecular formula is C15H20N2S. The van der Waals surface area contributed by atoms with Crippen molar-refractivity contribution in [1.82, 2.24) is 10.3 Å². The third-order valence-electron chi connectivity index (χ3n) is 3.05. The maximum Gasteiger partial charge on any atom is 0.0331 e. The highest BCUT2D eigenvalue weighted by molar-refractivity contribution is 7.10. The highest BCUT2D eigenvalue weighted by Crippen LogP contribution is 2.24. The number of rotatable bonds is 6. The minimum atomic E-state index is 0.458. The van der Waals surface area contributed by atoms with Crippen molar-refractivity contribution >= 4 is 11.3 Å². The normalized spacial score (nSPS) is 12.6. The van der Waals surface area contributed by atoms with Crippen LogP contribution in [0, 0.1) is 6.92 Å². The molecule has 0 saturated carbocycles. The van der Waals surface area contributed by atoms with Crippen molar-refractivity contribution in [1.29, 1.82) is 0 Å². The molecule has 0 aromatic carbocycles. The Morgan fingerprint density at radius 3 is 2.94 bits per heavy atom. The Bertz CT molecular complexity index is 464. The van der Waals surface area contributed by atoms with E-state index in [1.807, 2.05) is 29.8 Å². The molecule has 0 aliphatic rings. The Morgan fingerprint density at radius 1 is 1.44 bits per heavy atom. The first-order chi connectivity index (χ1) is 8.79. The summed E-state index contributed by atoms with van der Waals surface area (Å²) in [6.07, 6.45) is 5.98. The largest absolute Gasteiger partial charge is 0.310 e. The predicted octanol–water partition coefficient (Wildman–Crippen LogP) is 3.73. The number of hydrogen-bond acceptors (Lipinski definition) is 3. The quantitative estimate of drug-likeness (QED) is 0.856. The average Bonchev–Trinajstić information content (AvgIpc) is 2.82. The number of nitrogens with zero attached hydrogens (tertiary/aromatic N) is 1. The van der Waals surface area contributed by atoms with Gasteiger partial charge in [-0.25, -0.2) is 0 Å². The zero-order valence-electron chi connectivity index (χ0n) is 11.0. The van der Waals surface area contributed by atoms with Crippen LogP contribution in [0.3, 0.4) is 0 Å². The van der Waals surface area contributed by atoms with Gasteiger partial charge in [0.05, 0.1) is 0 Å². The lowest BCUT2D eigenvalue weighted by Crippen LogP contribution is -2.21. The zero-order valence-corrected chi connectivity index (χ0v) is 11.8. The van der Waals surface area contributed by atoms with Crippen LogP contribution in [-0.2, 0) is 6.42 Å². The predicted molar refractivity (Wildman–Crippen MR) is 78.0 cm³/mol. The Kier molecular flexibility index (Phi) is 4.90. The summed E-state index contributed by atoms with van der Waals surface area (Å²) in [6.45, 7) is 5.33. The molecule has 1 atom stereocenters. The summed E-state index contributed by atoms with van der Waals surface area (Å²) in [6, 6.07) is 6.91. The van der Waals surface area contributed by atoms with Crippen LogP contribution in [0.15, 0.2) is 36.0 Å².